The van der Waals surface area contributed by atoms with Crippen LogP contribution in [0.4, 0.5) is 5.69 Å². The third-order valence-corrected chi connectivity index (χ3v) is 4.50. The summed E-state index contributed by atoms with van der Waals surface area (Å²) in [5.74, 6) is 0.314. The number of allylic oxidation sites excluding steroid dienone is 3. The van der Waals surface area contributed by atoms with E-state index >= 15 is 0 Å². The fourth-order valence-electron chi connectivity index (χ4n) is 3.10. The molecule has 2 aromatic carbocycles. The van der Waals surface area contributed by atoms with Crippen molar-refractivity contribution in [2.75, 3.05) is 0 Å². The minimum Gasteiger partial charge on any atom is -0.454 e. The van der Waals surface area contributed by atoms with Crippen LogP contribution in [0.2, 0.25) is 0 Å². The molecule has 0 radical (unpaired) electrons. The number of para-hydroxylation sites is 1. The molecule has 0 spiro atoms. The number of carbonyl (C=O) groups is 1. The van der Waals surface area contributed by atoms with Gasteiger partial charge in [-0.2, -0.15) is 5.26 Å². The molecular formula is C21H15N3O3. The third kappa shape index (κ3) is 3.12. The van der Waals surface area contributed by atoms with Crippen molar-refractivity contribution in [2.24, 2.45) is 10.9 Å². The number of aliphatic imine (C=N–C) groups is 1. The molecule has 0 aromatic heterocycles. The van der Waals surface area contributed by atoms with Crippen molar-refractivity contribution in [1.29, 1.82) is 5.26 Å². The zero-order valence-corrected chi connectivity index (χ0v) is 14.2. The molecule has 1 atom stereocenters. The molecule has 132 valence electrons. The van der Waals surface area contributed by atoms with E-state index in [9.17, 15) is 4.79 Å². The molecule has 0 saturated heterocycles. The Morgan fingerprint density at radius 1 is 1.26 bits per heavy atom. The van der Waals surface area contributed by atoms with Gasteiger partial charge in [0.25, 0.3) is 5.91 Å². The number of hydroxylamine groups is 1. The molecule has 4 rings (SSSR count). The molecule has 6 heteroatoms. The molecule has 2 aliphatic rings. The molecule has 1 amide bonds. The van der Waals surface area contributed by atoms with Crippen LogP contribution in [0.1, 0.15) is 17.5 Å². The first-order valence-corrected chi connectivity index (χ1v) is 8.42. The van der Waals surface area contributed by atoms with Crippen LogP contribution >= 0.6 is 0 Å². The molecule has 1 aliphatic heterocycles. The summed E-state index contributed by atoms with van der Waals surface area (Å²) in [6.45, 7) is 0. The molecule has 27 heavy (non-hydrogen) atoms. The molecule has 0 fully saturated rings. The monoisotopic (exact) mass is 357 g/mol. The van der Waals surface area contributed by atoms with Crippen molar-refractivity contribution in [2.45, 2.75) is 6.42 Å². The lowest BCUT2D eigenvalue weighted by molar-refractivity contribution is -0.131. The van der Waals surface area contributed by atoms with Crippen molar-refractivity contribution in [3.8, 4) is 17.6 Å². The number of fused-ring (bicyclic) bond motifs is 2. The number of amides is 1. The second-order valence-corrected chi connectivity index (χ2v) is 6.19. The van der Waals surface area contributed by atoms with E-state index in [1.54, 1.807) is 29.8 Å². The van der Waals surface area contributed by atoms with Crippen molar-refractivity contribution in [3.05, 3.63) is 77.4 Å². The number of nitriles is 1. The van der Waals surface area contributed by atoms with Gasteiger partial charge in [-0.05, 0) is 36.3 Å². The molecule has 6 nitrogen and oxygen atoms in total. The van der Waals surface area contributed by atoms with Gasteiger partial charge in [0.1, 0.15) is 11.4 Å². The normalized spacial score (nSPS) is 17.3. The Morgan fingerprint density at radius 3 is 2.85 bits per heavy atom. The van der Waals surface area contributed by atoms with Crippen LogP contribution in [-0.4, -0.2) is 16.8 Å². The Balaban J connectivity index is 1.80. The van der Waals surface area contributed by atoms with Crippen LogP contribution in [0.15, 0.2) is 71.3 Å². The SMILES string of the molecule is N#Cc1ccc2c(c1)Oc1ccccc1C(C1=CCC(C(=O)NO)C=C1)=N2. The highest BCUT2D eigenvalue weighted by molar-refractivity contribution is 6.17. The van der Waals surface area contributed by atoms with Crippen LogP contribution < -0.4 is 10.2 Å². The molecular weight excluding hydrogens is 342 g/mol. The minimum absolute atomic E-state index is 0.415. The Kier molecular flexibility index (Phi) is 4.29. The van der Waals surface area contributed by atoms with Gasteiger partial charge < -0.3 is 4.74 Å². The van der Waals surface area contributed by atoms with Crippen LogP contribution in [0.5, 0.6) is 11.5 Å². The van der Waals surface area contributed by atoms with Crippen LogP contribution in [0.3, 0.4) is 0 Å². The standard InChI is InChI=1S/C21H15N3O3/c22-12-13-5-10-17-19(11-13)27-18-4-2-1-3-16(18)20(23-17)14-6-8-15(9-7-14)21(25)24-26/h1-8,10-11,15,26H,9H2,(H,24,25). The van der Waals surface area contributed by atoms with Crippen LogP contribution in [0.25, 0.3) is 0 Å². The van der Waals surface area contributed by atoms with Gasteiger partial charge in [0.15, 0.2) is 5.75 Å². The highest BCUT2D eigenvalue weighted by Gasteiger charge is 2.23. The molecule has 0 saturated carbocycles. The summed E-state index contributed by atoms with van der Waals surface area (Å²) in [6, 6.07) is 14.8. The second kappa shape index (κ2) is 6.90. The quantitative estimate of drug-likeness (QED) is 0.631. The first-order chi connectivity index (χ1) is 13.2. The molecule has 0 bridgehead atoms. The predicted molar refractivity (Wildman–Crippen MR) is 99.1 cm³/mol. The first kappa shape index (κ1) is 16.8. The molecule has 1 unspecified atom stereocenters. The summed E-state index contributed by atoms with van der Waals surface area (Å²) >= 11 is 0. The van der Waals surface area contributed by atoms with Crippen LogP contribution in [0, 0.1) is 17.2 Å². The second-order valence-electron chi connectivity index (χ2n) is 6.19. The van der Waals surface area contributed by atoms with Gasteiger partial charge in [-0.3, -0.25) is 10.0 Å². The number of carbonyl (C=O) groups excluding carboxylic acids is 1. The number of benzene rings is 2. The van der Waals surface area contributed by atoms with Crippen molar-refractivity contribution in [1.82, 2.24) is 5.48 Å². The summed E-state index contributed by atoms with van der Waals surface area (Å²) < 4.78 is 6.03. The fourth-order valence-corrected chi connectivity index (χ4v) is 3.10. The number of nitrogens with one attached hydrogen (secondary N) is 1. The van der Waals surface area contributed by atoms with Crippen molar-refractivity contribution < 1.29 is 14.7 Å². The Morgan fingerprint density at radius 2 is 2.11 bits per heavy atom. The topological polar surface area (TPSA) is 94.7 Å². The van der Waals surface area contributed by atoms with E-state index in [4.69, 9.17) is 20.2 Å². The number of rotatable bonds is 2. The third-order valence-electron chi connectivity index (χ3n) is 4.50. The Labute approximate surface area is 155 Å². The smallest absolute Gasteiger partial charge is 0.250 e. The van der Waals surface area contributed by atoms with E-state index in [1.165, 1.54) is 0 Å². The highest BCUT2D eigenvalue weighted by Crippen LogP contribution is 2.39. The average molecular weight is 357 g/mol. The highest BCUT2D eigenvalue weighted by atomic mass is 16.5. The van der Waals surface area contributed by atoms with E-state index in [0.717, 1.165) is 16.8 Å². The lowest BCUT2D eigenvalue weighted by Crippen LogP contribution is -2.27. The Bertz CT molecular complexity index is 1060. The van der Waals surface area contributed by atoms with Gasteiger partial charge in [-0.15, -0.1) is 0 Å². The summed E-state index contributed by atoms with van der Waals surface area (Å²) in [4.78, 5) is 16.4. The van der Waals surface area contributed by atoms with E-state index < -0.39 is 11.8 Å². The lowest BCUT2D eigenvalue weighted by Gasteiger charge is -2.16. The van der Waals surface area contributed by atoms with Gasteiger partial charge in [0.05, 0.1) is 23.3 Å². The summed E-state index contributed by atoms with van der Waals surface area (Å²) in [7, 11) is 0. The van der Waals surface area contributed by atoms with Gasteiger partial charge in [0, 0.05) is 11.6 Å². The van der Waals surface area contributed by atoms with Crippen LogP contribution in [-0.2, 0) is 4.79 Å². The molecule has 2 aromatic rings. The van der Waals surface area contributed by atoms with Crippen molar-refractivity contribution in [3.63, 3.8) is 0 Å². The average Bonchev–Trinajstić information content (AvgIpc) is 2.89. The molecule has 1 aliphatic carbocycles. The minimum atomic E-state index is -0.442. The fraction of sp³-hybridized carbons (Fsp3) is 0.0952. The zero-order valence-electron chi connectivity index (χ0n) is 14.2. The summed E-state index contributed by atoms with van der Waals surface area (Å²) in [5, 5.41) is 17.9. The first-order valence-electron chi connectivity index (χ1n) is 8.42. The zero-order chi connectivity index (χ0) is 18.8. The van der Waals surface area contributed by atoms with E-state index in [0.29, 0.717) is 29.2 Å². The van der Waals surface area contributed by atoms with E-state index in [-0.39, 0.29) is 0 Å². The van der Waals surface area contributed by atoms with Gasteiger partial charge in [0.2, 0.25) is 0 Å². The number of ether oxygens (including phenoxy) is 1. The maximum atomic E-state index is 11.6. The largest absolute Gasteiger partial charge is 0.454 e. The van der Waals surface area contributed by atoms with Gasteiger partial charge >= 0.3 is 0 Å². The number of hydrogen-bond acceptors (Lipinski definition) is 5. The van der Waals surface area contributed by atoms with Crippen molar-refractivity contribution >= 4 is 17.3 Å². The number of nitrogens with zero attached hydrogens (tertiary/aromatic N) is 2. The molecule has 2 N–H and O–H groups in total. The molecule has 1 heterocycles. The lowest BCUT2D eigenvalue weighted by atomic mass is 9.91. The predicted octanol–water partition coefficient (Wildman–Crippen LogP) is 3.79. The maximum absolute atomic E-state index is 11.6. The van der Waals surface area contributed by atoms with Gasteiger partial charge in [-0.1, -0.05) is 30.4 Å². The summed E-state index contributed by atoms with van der Waals surface area (Å²) in [5.41, 5.74) is 5.23. The number of hydrogen-bond donors (Lipinski definition) is 2. The maximum Gasteiger partial charge on any atom is 0.250 e. The van der Waals surface area contributed by atoms with E-state index in [2.05, 4.69) is 6.07 Å². The van der Waals surface area contributed by atoms with Gasteiger partial charge in [-0.25, -0.2) is 10.5 Å². The van der Waals surface area contributed by atoms with E-state index in [1.807, 2.05) is 36.4 Å². The Hall–Kier alpha value is -3.69. The summed E-state index contributed by atoms with van der Waals surface area (Å²) in [6.07, 6.45) is 5.95.